The van der Waals surface area contributed by atoms with Gasteiger partial charge in [-0.3, -0.25) is 9.82 Å². The number of nitrogens with one attached hydrogen (secondary N) is 1. The molecule has 0 aliphatic carbocycles. The summed E-state index contributed by atoms with van der Waals surface area (Å²) in [5.74, 6) is 1.12. The van der Waals surface area contributed by atoms with Crippen molar-refractivity contribution in [1.82, 2.24) is 14.8 Å². The van der Waals surface area contributed by atoms with E-state index in [9.17, 15) is 8.42 Å². The molecule has 8 nitrogen and oxygen atoms in total. The minimum atomic E-state index is -3.68. The Labute approximate surface area is 194 Å². The van der Waals surface area contributed by atoms with Crippen molar-refractivity contribution in [3.05, 3.63) is 89.7 Å². The molecular formula is C24H27N3O5S. The van der Waals surface area contributed by atoms with Crippen molar-refractivity contribution in [3.63, 3.8) is 0 Å². The third kappa shape index (κ3) is 5.51. The van der Waals surface area contributed by atoms with Crippen LogP contribution in [-0.4, -0.2) is 44.5 Å². The third-order valence-electron chi connectivity index (χ3n) is 5.58. The van der Waals surface area contributed by atoms with Crippen molar-refractivity contribution in [2.24, 2.45) is 0 Å². The van der Waals surface area contributed by atoms with Crippen LogP contribution in [0.15, 0.2) is 73.1 Å². The predicted octanol–water partition coefficient (Wildman–Crippen LogP) is 3.08. The fourth-order valence-corrected chi connectivity index (χ4v) is 5.29. The van der Waals surface area contributed by atoms with Crippen molar-refractivity contribution < 1.29 is 22.7 Å². The van der Waals surface area contributed by atoms with Crippen molar-refractivity contribution in [3.8, 4) is 11.5 Å². The van der Waals surface area contributed by atoms with Crippen LogP contribution in [0, 0.1) is 0 Å². The standard InChI is InChI=1S/C24H27N3O5S/c1-27-24(23(17-32-27)33(28,29)26-15-18-10-12-25-13-11-18)20-8-9-21(30-2)22(14-20)31-16-19-6-4-3-5-7-19/h3-14,23-24,26H,15-17H2,1-2H3. The van der Waals surface area contributed by atoms with Crippen molar-refractivity contribution >= 4 is 10.0 Å². The zero-order valence-corrected chi connectivity index (χ0v) is 19.4. The quantitative estimate of drug-likeness (QED) is 0.515. The zero-order valence-electron chi connectivity index (χ0n) is 18.5. The van der Waals surface area contributed by atoms with Crippen LogP contribution in [0.3, 0.4) is 0 Å². The van der Waals surface area contributed by atoms with Gasteiger partial charge in [0.1, 0.15) is 11.9 Å². The molecule has 0 bridgehead atoms. The maximum atomic E-state index is 13.2. The van der Waals surface area contributed by atoms with Gasteiger partial charge in [-0.2, -0.15) is 5.06 Å². The molecule has 4 rings (SSSR count). The van der Waals surface area contributed by atoms with Gasteiger partial charge >= 0.3 is 0 Å². The lowest BCUT2D eigenvalue weighted by Gasteiger charge is -2.24. The Morgan fingerprint density at radius 3 is 2.55 bits per heavy atom. The van der Waals surface area contributed by atoms with Crippen LogP contribution in [0.4, 0.5) is 0 Å². The molecule has 1 saturated heterocycles. The number of aromatic nitrogens is 1. The molecule has 174 valence electrons. The van der Waals surface area contributed by atoms with Crippen LogP contribution < -0.4 is 14.2 Å². The molecule has 0 saturated carbocycles. The smallest absolute Gasteiger partial charge is 0.219 e. The number of hydrogen-bond donors (Lipinski definition) is 1. The van der Waals surface area contributed by atoms with Crippen molar-refractivity contribution in [1.29, 1.82) is 0 Å². The van der Waals surface area contributed by atoms with E-state index < -0.39 is 21.3 Å². The van der Waals surface area contributed by atoms with Gasteiger partial charge in [0.15, 0.2) is 11.5 Å². The Bertz CT molecular complexity index is 1160. The van der Waals surface area contributed by atoms with E-state index in [-0.39, 0.29) is 13.2 Å². The molecular weight excluding hydrogens is 442 g/mol. The van der Waals surface area contributed by atoms with Gasteiger partial charge in [0.2, 0.25) is 10.0 Å². The lowest BCUT2D eigenvalue weighted by molar-refractivity contribution is -0.110. The summed E-state index contributed by atoms with van der Waals surface area (Å²) in [4.78, 5) is 9.59. The van der Waals surface area contributed by atoms with E-state index in [1.165, 1.54) is 0 Å². The summed E-state index contributed by atoms with van der Waals surface area (Å²) in [5.41, 5.74) is 2.61. The van der Waals surface area contributed by atoms with Crippen LogP contribution in [0.1, 0.15) is 22.7 Å². The Balaban J connectivity index is 1.55. The lowest BCUT2D eigenvalue weighted by atomic mass is 10.0. The van der Waals surface area contributed by atoms with Gasteiger partial charge in [-0.1, -0.05) is 36.4 Å². The van der Waals surface area contributed by atoms with E-state index in [0.717, 1.165) is 16.7 Å². The Kier molecular flexibility index (Phi) is 7.24. The molecule has 2 atom stereocenters. The summed E-state index contributed by atoms with van der Waals surface area (Å²) in [7, 11) is -0.373. The molecule has 1 N–H and O–H groups in total. The van der Waals surface area contributed by atoms with Gasteiger partial charge < -0.3 is 9.47 Å². The Morgan fingerprint density at radius 1 is 1.06 bits per heavy atom. The maximum absolute atomic E-state index is 13.2. The SMILES string of the molecule is COc1ccc(C2C(S(=O)(=O)NCc3ccncc3)CON2C)cc1OCc1ccccc1. The number of hydroxylamine groups is 2. The fraction of sp³-hybridized carbons (Fsp3) is 0.292. The number of benzene rings is 2. The average molecular weight is 470 g/mol. The molecule has 3 aromatic rings. The number of ether oxygens (including phenoxy) is 2. The number of nitrogens with zero attached hydrogens (tertiary/aromatic N) is 2. The number of methoxy groups -OCH3 is 1. The maximum Gasteiger partial charge on any atom is 0.219 e. The minimum absolute atomic E-state index is 0.0546. The highest BCUT2D eigenvalue weighted by Crippen LogP contribution is 2.38. The topological polar surface area (TPSA) is 90.0 Å². The van der Waals surface area contributed by atoms with Crippen molar-refractivity contribution in [2.45, 2.75) is 24.4 Å². The third-order valence-corrected chi connectivity index (χ3v) is 7.32. The number of hydrogen-bond acceptors (Lipinski definition) is 7. The first kappa shape index (κ1) is 23.2. The van der Waals surface area contributed by atoms with Crippen LogP contribution in [-0.2, 0) is 28.0 Å². The summed E-state index contributed by atoms with van der Waals surface area (Å²) in [5, 5.41) is 0.791. The summed E-state index contributed by atoms with van der Waals surface area (Å²) in [6.45, 7) is 0.609. The molecule has 2 unspecified atom stereocenters. The lowest BCUT2D eigenvalue weighted by Crippen LogP contribution is -2.39. The number of rotatable bonds is 9. The number of sulfonamides is 1. The van der Waals surface area contributed by atoms with Gasteiger partial charge in [0.05, 0.1) is 19.8 Å². The zero-order chi connectivity index (χ0) is 23.3. The van der Waals surface area contributed by atoms with Crippen LogP contribution in [0.25, 0.3) is 0 Å². The van der Waals surface area contributed by atoms with Crippen LogP contribution >= 0.6 is 0 Å². The van der Waals surface area contributed by atoms with Gasteiger partial charge in [-0.15, -0.1) is 0 Å². The van der Waals surface area contributed by atoms with E-state index in [1.807, 2.05) is 42.5 Å². The highest BCUT2D eigenvalue weighted by atomic mass is 32.2. The molecule has 9 heteroatoms. The van der Waals surface area contributed by atoms with Gasteiger partial charge in [0, 0.05) is 26.0 Å². The molecule has 2 heterocycles. The first-order chi connectivity index (χ1) is 16.0. The minimum Gasteiger partial charge on any atom is -0.493 e. The normalized spacial score (nSPS) is 18.8. The molecule has 0 radical (unpaired) electrons. The Hall–Kier alpha value is -2.98. The monoisotopic (exact) mass is 469 g/mol. The van der Waals surface area contributed by atoms with Crippen LogP contribution in [0.5, 0.6) is 11.5 Å². The van der Waals surface area contributed by atoms with Crippen LogP contribution in [0.2, 0.25) is 0 Å². The second-order valence-electron chi connectivity index (χ2n) is 7.73. The fourth-order valence-electron chi connectivity index (χ4n) is 3.80. The number of pyridine rings is 1. The second-order valence-corrected chi connectivity index (χ2v) is 9.72. The molecule has 0 spiro atoms. The first-order valence-corrected chi connectivity index (χ1v) is 12.1. The molecule has 0 amide bonds. The van der Waals surface area contributed by atoms with E-state index in [1.54, 1.807) is 49.8 Å². The van der Waals surface area contributed by atoms with Gasteiger partial charge in [-0.25, -0.2) is 13.1 Å². The molecule has 33 heavy (non-hydrogen) atoms. The summed E-state index contributed by atoms with van der Waals surface area (Å²) >= 11 is 0. The molecule has 1 aromatic heterocycles. The summed E-state index contributed by atoms with van der Waals surface area (Å²) in [6, 6.07) is 18.3. The van der Waals surface area contributed by atoms with E-state index in [4.69, 9.17) is 14.3 Å². The summed E-state index contributed by atoms with van der Waals surface area (Å²) in [6.07, 6.45) is 3.26. The van der Waals surface area contributed by atoms with E-state index >= 15 is 0 Å². The first-order valence-electron chi connectivity index (χ1n) is 10.6. The Morgan fingerprint density at radius 2 is 1.82 bits per heavy atom. The molecule has 1 aliphatic rings. The largest absolute Gasteiger partial charge is 0.493 e. The summed E-state index contributed by atoms with van der Waals surface area (Å²) < 4.78 is 40.5. The molecule has 1 aliphatic heterocycles. The highest BCUT2D eigenvalue weighted by Gasteiger charge is 2.43. The average Bonchev–Trinajstić information content (AvgIpc) is 3.25. The van der Waals surface area contributed by atoms with Crippen molar-refractivity contribution in [2.75, 3.05) is 20.8 Å². The van der Waals surface area contributed by atoms with Gasteiger partial charge in [-0.05, 0) is 41.0 Å². The molecule has 1 fully saturated rings. The predicted molar refractivity (Wildman–Crippen MR) is 124 cm³/mol. The van der Waals surface area contributed by atoms with E-state index in [0.29, 0.717) is 18.1 Å². The highest BCUT2D eigenvalue weighted by molar-refractivity contribution is 7.90. The second kappa shape index (κ2) is 10.3. The van der Waals surface area contributed by atoms with Gasteiger partial charge in [0.25, 0.3) is 0 Å². The van der Waals surface area contributed by atoms with E-state index in [2.05, 4.69) is 9.71 Å². The molecule has 2 aromatic carbocycles.